The molecule has 0 radical (unpaired) electrons. The molecular weight excluding hydrogens is 275 g/mol. The highest BCUT2D eigenvalue weighted by atomic mass is 35.5. The lowest BCUT2D eigenvalue weighted by atomic mass is 10.2. The van der Waals surface area contributed by atoms with E-state index in [-0.39, 0.29) is 5.82 Å². The molecule has 0 saturated carbocycles. The molecule has 0 spiro atoms. The van der Waals surface area contributed by atoms with Gasteiger partial charge in [-0.25, -0.2) is 4.39 Å². The maximum atomic E-state index is 12.9. The smallest absolute Gasteiger partial charge is 0.123 e. The molecule has 0 unspecified atom stereocenters. The number of hydrogen-bond donors (Lipinski definition) is 0. The fraction of sp³-hybridized carbons (Fsp3) is 0.250. The van der Waals surface area contributed by atoms with Crippen molar-refractivity contribution in [1.29, 1.82) is 0 Å². The average Bonchev–Trinajstić information content (AvgIpc) is 2.48. The lowest BCUT2D eigenvalue weighted by Crippen LogP contribution is -2.46. The molecule has 1 saturated heterocycles. The third kappa shape index (κ3) is 2.88. The third-order valence-corrected chi connectivity index (χ3v) is 3.88. The monoisotopic (exact) mass is 290 g/mol. The summed E-state index contributed by atoms with van der Waals surface area (Å²) >= 11 is 6.03. The van der Waals surface area contributed by atoms with Crippen molar-refractivity contribution in [2.24, 2.45) is 0 Å². The Morgan fingerprint density at radius 3 is 2.00 bits per heavy atom. The summed E-state index contributed by atoms with van der Waals surface area (Å²) in [6.45, 7) is 3.74. The molecule has 0 atom stereocenters. The Morgan fingerprint density at radius 1 is 0.800 bits per heavy atom. The van der Waals surface area contributed by atoms with E-state index in [1.807, 2.05) is 30.3 Å². The van der Waals surface area contributed by atoms with Crippen LogP contribution in [0.2, 0.25) is 5.02 Å². The van der Waals surface area contributed by atoms with Crippen LogP contribution < -0.4 is 9.80 Å². The summed E-state index contributed by atoms with van der Waals surface area (Å²) in [4.78, 5) is 4.60. The third-order valence-electron chi connectivity index (χ3n) is 3.64. The van der Waals surface area contributed by atoms with Crippen LogP contribution in [0.25, 0.3) is 0 Å². The number of anilines is 2. The van der Waals surface area contributed by atoms with Crippen molar-refractivity contribution >= 4 is 23.0 Å². The van der Waals surface area contributed by atoms with E-state index in [0.717, 1.165) is 42.6 Å². The van der Waals surface area contributed by atoms with Crippen LogP contribution in [0.4, 0.5) is 15.8 Å². The number of rotatable bonds is 2. The minimum atomic E-state index is -0.189. The van der Waals surface area contributed by atoms with Crippen molar-refractivity contribution in [3.05, 3.63) is 59.4 Å². The Morgan fingerprint density at radius 2 is 1.40 bits per heavy atom. The molecule has 20 heavy (non-hydrogen) atoms. The topological polar surface area (TPSA) is 6.48 Å². The van der Waals surface area contributed by atoms with Crippen LogP contribution >= 0.6 is 11.6 Å². The van der Waals surface area contributed by atoms with Crippen LogP contribution in [0.15, 0.2) is 48.5 Å². The molecule has 3 rings (SSSR count). The predicted molar refractivity (Wildman–Crippen MR) is 82.3 cm³/mol. The van der Waals surface area contributed by atoms with Gasteiger partial charge in [0.2, 0.25) is 0 Å². The summed E-state index contributed by atoms with van der Waals surface area (Å²) in [6, 6.07) is 14.6. The summed E-state index contributed by atoms with van der Waals surface area (Å²) in [5.41, 5.74) is 2.24. The lowest BCUT2D eigenvalue weighted by Gasteiger charge is -2.37. The highest BCUT2D eigenvalue weighted by molar-refractivity contribution is 6.30. The normalized spacial score (nSPS) is 15.5. The van der Waals surface area contributed by atoms with E-state index in [1.54, 1.807) is 0 Å². The summed E-state index contributed by atoms with van der Waals surface area (Å²) in [5, 5.41) is 0.767. The minimum Gasteiger partial charge on any atom is -0.368 e. The second-order valence-electron chi connectivity index (χ2n) is 4.93. The molecule has 1 aliphatic heterocycles. The van der Waals surface area contributed by atoms with Crippen molar-refractivity contribution in [3.8, 4) is 0 Å². The van der Waals surface area contributed by atoms with E-state index in [1.165, 1.54) is 12.1 Å². The second-order valence-corrected chi connectivity index (χ2v) is 5.37. The molecule has 104 valence electrons. The summed E-state index contributed by atoms with van der Waals surface area (Å²) in [7, 11) is 0. The van der Waals surface area contributed by atoms with Gasteiger partial charge in [0.05, 0.1) is 0 Å². The highest BCUT2D eigenvalue weighted by Crippen LogP contribution is 2.23. The van der Waals surface area contributed by atoms with Gasteiger partial charge in [-0.15, -0.1) is 0 Å². The van der Waals surface area contributed by atoms with Crippen LogP contribution in [-0.4, -0.2) is 26.2 Å². The number of piperazine rings is 1. The van der Waals surface area contributed by atoms with E-state index in [4.69, 9.17) is 11.6 Å². The van der Waals surface area contributed by atoms with Crippen molar-refractivity contribution in [2.45, 2.75) is 0 Å². The maximum Gasteiger partial charge on any atom is 0.123 e. The first kappa shape index (κ1) is 13.3. The highest BCUT2D eigenvalue weighted by Gasteiger charge is 2.17. The van der Waals surface area contributed by atoms with Crippen LogP contribution in [0.5, 0.6) is 0 Å². The first-order valence-corrected chi connectivity index (χ1v) is 7.11. The van der Waals surface area contributed by atoms with Gasteiger partial charge in [-0.05, 0) is 42.5 Å². The quantitative estimate of drug-likeness (QED) is 0.830. The lowest BCUT2D eigenvalue weighted by molar-refractivity contribution is 0.625. The number of halogens is 2. The van der Waals surface area contributed by atoms with Crippen molar-refractivity contribution in [1.82, 2.24) is 0 Å². The molecule has 1 aliphatic rings. The minimum absolute atomic E-state index is 0.189. The summed E-state index contributed by atoms with van der Waals surface area (Å²) < 4.78 is 12.9. The number of hydrogen-bond acceptors (Lipinski definition) is 2. The zero-order chi connectivity index (χ0) is 13.9. The molecule has 0 amide bonds. The van der Waals surface area contributed by atoms with Gasteiger partial charge in [0.25, 0.3) is 0 Å². The van der Waals surface area contributed by atoms with Gasteiger partial charge in [0.1, 0.15) is 5.82 Å². The SMILES string of the molecule is Fc1ccc(N2CCN(c3cccc(Cl)c3)CC2)cc1. The molecule has 0 aliphatic carbocycles. The van der Waals surface area contributed by atoms with Crippen molar-refractivity contribution < 1.29 is 4.39 Å². The first-order valence-electron chi connectivity index (χ1n) is 6.73. The van der Waals surface area contributed by atoms with Gasteiger partial charge in [0, 0.05) is 42.6 Å². The summed E-state index contributed by atoms with van der Waals surface area (Å²) in [5.74, 6) is -0.189. The Kier molecular flexibility index (Phi) is 3.79. The standard InChI is InChI=1S/C16H16ClFN2/c17-13-2-1-3-16(12-13)20-10-8-19(9-11-20)15-6-4-14(18)5-7-15/h1-7,12H,8-11H2. The maximum absolute atomic E-state index is 12.9. The van der Waals surface area contributed by atoms with Crippen molar-refractivity contribution in [3.63, 3.8) is 0 Å². The van der Waals surface area contributed by atoms with Crippen LogP contribution in [0, 0.1) is 5.82 Å². The van der Waals surface area contributed by atoms with E-state index >= 15 is 0 Å². The predicted octanol–water partition coefficient (Wildman–Crippen LogP) is 3.81. The van der Waals surface area contributed by atoms with Crippen LogP contribution in [-0.2, 0) is 0 Å². The molecule has 1 heterocycles. The van der Waals surface area contributed by atoms with Gasteiger partial charge in [-0.3, -0.25) is 0 Å². The fourth-order valence-electron chi connectivity index (χ4n) is 2.55. The number of benzene rings is 2. The summed E-state index contributed by atoms with van der Waals surface area (Å²) in [6.07, 6.45) is 0. The Labute approximate surface area is 123 Å². The van der Waals surface area contributed by atoms with Crippen LogP contribution in [0.1, 0.15) is 0 Å². The van der Waals surface area contributed by atoms with E-state index < -0.39 is 0 Å². The Hall–Kier alpha value is -1.74. The molecule has 2 aromatic carbocycles. The largest absolute Gasteiger partial charge is 0.368 e. The molecule has 2 nitrogen and oxygen atoms in total. The van der Waals surface area contributed by atoms with Gasteiger partial charge in [-0.1, -0.05) is 17.7 Å². The first-order chi connectivity index (χ1) is 9.72. The molecule has 0 N–H and O–H groups in total. The average molecular weight is 291 g/mol. The zero-order valence-corrected chi connectivity index (χ0v) is 11.9. The van der Waals surface area contributed by atoms with Gasteiger partial charge >= 0.3 is 0 Å². The van der Waals surface area contributed by atoms with Gasteiger partial charge < -0.3 is 9.80 Å². The van der Waals surface area contributed by atoms with E-state index in [0.29, 0.717) is 0 Å². The zero-order valence-electron chi connectivity index (χ0n) is 11.1. The second kappa shape index (κ2) is 5.71. The molecule has 4 heteroatoms. The van der Waals surface area contributed by atoms with Gasteiger partial charge in [-0.2, -0.15) is 0 Å². The van der Waals surface area contributed by atoms with E-state index in [9.17, 15) is 4.39 Å². The van der Waals surface area contributed by atoms with Gasteiger partial charge in [0.15, 0.2) is 0 Å². The fourth-order valence-corrected chi connectivity index (χ4v) is 2.73. The Balaban J connectivity index is 1.66. The van der Waals surface area contributed by atoms with Crippen molar-refractivity contribution in [2.75, 3.05) is 36.0 Å². The molecule has 2 aromatic rings. The Bertz CT molecular complexity index is 577. The molecular formula is C16H16ClFN2. The van der Waals surface area contributed by atoms with Crippen LogP contribution in [0.3, 0.4) is 0 Å². The molecule has 1 fully saturated rings. The molecule has 0 bridgehead atoms. The van der Waals surface area contributed by atoms with E-state index in [2.05, 4.69) is 15.9 Å². The molecule has 0 aromatic heterocycles. The number of nitrogens with zero attached hydrogens (tertiary/aromatic N) is 2.